The van der Waals surface area contributed by atoms with Gasteiger partial charge < -0.3 is 10.6 Å². The van der Waals surface area contributed by atoms with Crippen LogP contribution in [0.3, 0.4) is 0 Å². The third-order valence-electron chi connectivity index (χ3n) is 4.56. The van der Waals surface area contributed by atoms with E-state index < -0.39 is 0 Å². The number of aromatic nitrogens is 4. The Labute approximate surface area is 153 Å². The molecule has 2 N–H and O–H groups in total. The first kappa shape index (κ1) is 17.5. The number of nitrogens with one attached hydrogen (secondary N) is 2. The van der Waals surface area contributed by atoms with Crippen molar-refractivity contribution in [3.63, 3.8) is 0 Å². The van der Waals surface area contributed by atoms with Crippen LogP contribution in [-0.2, 0) is 7.05 Å². The third kappa shape index (κ3) is 3.69. The molecule has 1 fully saturated rings. The van der Waals surface area contributed by atoms with Crippen LogP contribution in [-0.4, -0.2) is 25.8 Å². The molecule has 4 rings (SSSR count). The van der Waals surface area contributed by atoms with Gasteiger partial charge in [0, 0.05) is 18.8 Å². The van der Waals surface area contributed by atoms with Crippen molar-refractivity contribution in [2.75, 3.05) is 10.6 Å². The molecule has 1 aliphatic carbocycles. The fraction of sp³-hybridized carbons (Fsp3) is 0.389. The van der Waals surface area contributed by atoms with Crippen molar-refractivity contribution < 1.29 is 0 Å². The van der Waals surface area contributed by atoms with Crippen LogP contribution in [0.4, 0.5) is 17.5 Å². The molecule has 6 nitrogen and oxygen atoms in total. The third-order valence-corrected chi connectivity index (χ3v) is 4.56. The second-order valence-corrected chi connectivity index (χ2v) is 6.52. The Kier molecular flexibility index (Phi) is 5.08. The molecule has 0 aliphatic heterocycles. The molecule has 1 saturated carbocycles. The molecule has 7 heteroatoms. The van der Waals surface area contributed by atoms with E-state index in [-0.39, 0.29) is 12.4 Å². The topological polar surface area (TPSA) is 67.7 Å². The van der Waals surface area contributed by atoms with Crippen LogP contribution in [0.5, 0.6) is 0 Å². The zero-order valence-corrected chi connectivity index (χ0v) is 15.3. The molecule has 0 bridgehead atoms. The standard InChI is InChI=1S/C18H22N6.ClH/c1-12-6-5-9-14(10-12)20-16-15-11-19-24(2)17(15)23-18(22-16)21-13-7-3-4-8-13;/h5-6,9-11,13H,3-4,7-8H2,1-2H3,(H2,20,21,22,23);1H. The number of rotatable bonds is 4. The lowest BCUT2D eigenvalue weighted by Crippen LogP contribution is -2.17. The number of aryl methyl sites for hydroxylation is 2. The Hall–Kier alpha value is -2.34. The van der Waals surface area contributed by atoms with E-state index in [1.165, 1.54) is 31.2 Å². The van der Waals surface area contributed by atoms with Crippen molar-refractivity contribution in [1.29, 1.82) is 0 Å². The maximum absolute atomic E-state index is 4.72. The van der Waals surface area contributed by atoms with Crippen LogP contribution in [0.25, 0.3) is 11.0 Å². The van der Waals surface area contributed by atoms with Crippen molar-refractivity contribution in [3.8, 4) is 0 Å². The molecule has 2 aromatic heterocycles. The van der Waals surface area contributed by atoms with Crippen molar-refractivity contribution in [1.82, 2.24) is 19.7 Å². The minimum Gasteiger partial charge on any atom is -0.351 e. The van der Waals surface area contributed by atoms with Gasteiger partial charge in [-0.05, 0) is 37.5 Å². The van der Waals surface area contributed by atoms with E-state index in [4.69, 9.17) is 4.98 Å². The first-order chi connectivity index (χ1) is 11.7. The summed E-state index contributed by atoms with van der Waals surface area (Å²) in [7, 11) is 1.91. The van der Waals surface area contributed by atoms with Gasteiger partial charge >= 0.3 is 0 Å². The number of benzene rings is 1. The van der Waals surface area contributed by atoms with Crippen molar-refractivity contribution in [2.24, 2.45) is 7.05 Å². The van der Waals surface area contributed by atoms with Gasteiger partial charge in [0.1, 0.15) is 5.82 Å². The van der Waals surface area contributed by atoms with Crippen molar-refractivity contribution in [2.45, 2.75) is 38.6 Å². The lowest BCUT2D eigenvalue weighted by atomic mass is 10.2. The first-order valence-electron chi connectivity index (χ1n) is 8.49. The van der Waals surface area contributed by atoms with Crippen LogP contribution in [0, 0.1) is 6.92 Å². The molecule has 0 amide bonds. The summed E-state index contributed by atoms with van der Waals surface area (Å²) in [6, 6.07) is 8.74. The van der Waals surface area contributed by atoms with Gasteiger partial charge in [-0.15, -0.1) is 12.4 Å². The Bertz CT molecular complexity index is 869. The Morgan fingerprint density at radius 3 is 2.72 bits per heavy atom. The number of hydrogen-bond acceptors (Lipinski definition) is 5. The highest BCUT2D eigenvalue weighted by atomic mass is 35.5. The molecule has 0 atom stereocenters. The maximum Gasteiger partial charge on any atom is 0.226 e. The van der Waals surface area contributed by atoms with Crippen LogP contribution in [0.2, 0.25) is 0 Å². The average Bonchev–Trinajstić information content (AvgIpc) is 3.18. The highest BCUT2D eigenvalue weighted by Gasteiger charge is 2.18. The second-order valence-electron chi connectivity index (χ2n) is 6.52. The number of anilines is 3. The van der Waals surface area contributed by atoms with Crippen molar-refractivity contribution >= 4 is 40.9 Å². The van der Waals surface area contributed by atoms with Gasteiger partial charge in [-0.25, -0.2) is 0 Å². The van der Waals surface area contributed by atoms with Gasteiger partial charge in [-0.1, -0.05) is 25.0 Å². The quantitative estimate of drug-likeness (QED) is 0.731. The lowest BCUT2D eigenvalue weighted by molar-refractivity contribution is 0.742. The summed E-state index contributed by atoms with van der Waals surface area (Å²) >= 11 is 0. The van der Waals surface area contributed by atoms with E-state index in [0.29, 0.717) is 12.0 Å². The van der Waals surface area contributed by atoms with Crippen LogP contribution >= 0.6 is 12.4 Å². The Morgan fingerprint density at radius 1 is 1.16 bits per heavy atom. The zero-order valence-electron chi connectivity index (χ0n) is 14.5. The van der Waals surface area contributed by atoms with Gasteiger partial charge in [-0.2, -0.15) is 15.1 Å². The van der Waals surface area contributed by atoms with E-state index in [2.05, 4.69) is 39.8 Å². The smallest absolute Gasteiger partial charge is 0.226 e. The summed E-state index contributed by atoms with van der Waals surface area (Å²) in [5.74, 6) is 1.47. The van der Waals surface area contributed by atoms with E-state index >= 15 is 0 Å². The van der Waals surface area contributed by atoms with E-state index in [9.17, 15) is 0 Å². The van der Waals surface area contributed by atoms with E-state index in [1.807, 2.05) is 25.4 Å². The molecule has 0 radical (unpaired) electrons. The van der Waals surface area contributed by atoms with Crippen LogP contribution in [0.1, 0.15) is 31.2 Å². The Morgan fingerprint density at radius 2 is 1.96 bits per heavy atom. The van der Waals surface area contributed by atoms with Gasteiger partial charge in [0.25, 0.3) is 0 Å². The fourth-order valence-electron chi connectivity index (χ4n) is 3.29. The Balaban J connectivity index is 0.00000182. The molecule has 132 valence electrons. The summed E-state index contributed by atoms with van der Waals surface area (Å²) in [6.07, 6.45) is 6.74. The number of hydrogen-bond donors (Lipinski definition) is 2. The largest absolute Gasteiger partial charge is 0.351 e. The first-order valence-corrected chi connectivity index (χ1v) is 8.49. The molecule has 25 heavy (non-hydrogen) atoms. The van der Waals surface area contributed by atoms with Crippen molar-refractivity contribution in [3.05, 3.63) is 36.0 Å². The molecule has 0 spiro atoms. The second kappa shape index (κ2) is 7.27. The SMILES string of the molecule is Cc1cccc(Nc2nc(NC3CCCC3)nc3c2cnn3C)c1.Cl. The van der Waals surface area contributed by atoms with Gasteiger partial charge in [0.2, 0.25) is 5.95 Å². The minimum atomic E-state index is 0. The van der Waals surface area contributed by atoms with E-state index in [1.54, 1.807) is 4.68 Å². The average molecular weight is 359 g/mol. The van der Waals surface area contributed by atoms with Crippen LogP contribution in [0.15, 0.2) is 30.5 Å². The molecule has 1 aromatic carbocycles. The van der Waals surface area contributed by atoms with Crippen LogP contribution < -0.4 is 10.6 Å². The minimum absolute atomic E-state index is 0. The summed E-state index contributed by atoms with van der Waals surface area (Å²) in [5.41, 5.74) is 3.06. The summed E-state index contributed by atoms with van der Waals surface area (Å²) in [6.45, 7) is 2.08. The van der Waals surface area contributed by atoms with Gasteiger partial charge in [0.15, 0.2) is 5.65 Å². The molecular formula is C18H23ClN6. The summed E-state index contributed by atoms with van der Waals surface area (Å²) in [4.78, 5) is 9.37. The van der Waals surface area contributed by atoms with E-state index in [0.717, 1.165) is 22.5 Å². The molecule has 1 aliphatic rings. The molecular weight excluding hydrogens is 336 g/mol. The zero-order chi connectivity index (χ0) is 16.5. The normalized spacial score (nSPS) is 14.5. The molecule has 0 saturated heterocycles. The highest BCUT2D eigenvalue weighted by Crippen LogP contribution is 2.27. The molecule has 2 heterocycles. The number of fused-ring (bicyclic) bond motifs is 1. The number of halogens is 1. The molecule has 0 unspecified atom stereocenters. The maximum atomic E-state index is 4.72. The summed E-state index contributed by atoms with van der Waals surface area (Å²) in [5, 5.41) is 12.2. The van der Waals surface area contributed by atoms with Gasteiger partial charge in [0.05, 0.1) is 11.6 Å². The monoisotopic (exact) mass is 358 g/mol. The predicted molar refractivity (Wildman–Crippen MR) is 104 cm³/mol. The summed E-state index contributed by atoms with van der Waals surface area (Å²) < 4.78 is 1.79. The highest BCUT2D eigenvalue weighted by molar-refractivity contribution is 5.89. The number of nitrogens with zero attached hydrogens (tertiary/aromatic N) is 4. The lowest BCUT2D eigenvalue weighted by Gasteiger charge is -2.14. The fourth-order valence-corrected chi connectivity index (χ4v) is 3.29. The van der Waals surface area contributed by atoms with Gasteiger partial charge in [-0.3, -0.25) is 4.68 Å². The molecule has 3 aromatic rings. The predicted octanol–water partition coefficient (Wildman–Crippen LogP) is 4.19.